The van der Waals surface area contributed by atoms with E-state index in [4.69, 9.17) is 9.47 Å². The summed E-state index contributed by atoms with van der Waals surface area (Å²) < 4.78 is 10.7. The van der Waals surface area contributed by atoms with Gasteiger partial charge in [-0.05, 0) is 6.07 Å². The molecule has 4 heteroatoms. The van der Waals surface area contributed by atoms with Gasteiger partial charge in [-0.2, -0.15) is 18.2 Å². The van der Waals surface area contributed by atoms with Crippen LogP contribution in [0, 0.1) is 6.07 Å². The predicted molar refractivity (Wildman–Crippen MR) is 71.7 cm³/mol. The quantitative estimate of drug-likeness (QED) is 0.590. The van der Waals surface area contributed by atoms with Crippen LogP contribution in [0.25, 0.3) is 11.6 Å². The molecule has 0 N–H and O–H groups in total. The van der Waals surface area contributed by atoms with Gasteiger partial charge in [0.15, 0.2) is 0 Å². The van der Waals surface area contributed by atoms with Gasteiger partial charge in [-0.25, -0.2) is 4.79 Å². The Hall–Kier alpha value is -1.45. The molecule has 0 atom stereocenters. The maximum atomic E-state index is 11.9. The summed E-state index contributed by atoms with van der Waals surface area (Å²) in [6, 6.07) is 15.8. The number of hydrogen-bond donors (Lipinski definition) is 0. The monoisotopic (exact) mass is 340 g/mol. The summed E-state index contributed by atoms with van der Waals surface area (Å²) in [5, 5.41) is 0. The fourth-order valence-electron chi connectivity index (χ4n) is 2.04. The molecule has 0 spiro atoms. The molecule has 2 aromatic rings. The van der Waals surface area contributed by atoms with Gasteiger partial charge in [0.1, 0.15) is 5.75 Å². The van der Waals surface area contributed by atoms with Crippen LogP contribution in [-0.2, 0) is 42.2 Å². The molecular formula is C16H11O3Y-. The standard InChI is InChI=1S/C16H11O3.Y/c1-18-16(17)13-10-11-6-2-4-8-14(11)19-15-9-5-3-7-12(13)15;/h3-10H,1H3;/q-1;. The maximum Gasteiger partial charge on any atom is 0.337 e. The first-order chi connectivity index (χ1) is 9.29. The number of benzene rings is 2. The first-order valence-electron chi connectivity index (χ1n) is 5.87. The Balaban J connectivity index is 0.00000147. The Morgan fingerprint density at radius 2 is 2.00 bits per heavy atom. The van der Waals surface area contributed by atoms with Gasteiger partial charge in [0, 0.05) is 44.0 Å². The van der Waals surface area contributed by atoms with Crippen molar-refractivity contribution in [3.63, 3.8) is 0 Å². The fraction of sp³-hybridized carbons (Fsp3) is 0.0625. The van der Waals surface area contributed by atoms with Crippen molar-refractivity contribution in [2.24, 2.45) is 0 Å². The summed E-state index contributed by atoms with van der Waals surface area (Å²) in [5.74, 6) is 0.960. The SMILES string of the molecule is COC(=O)C1=Cc2c[c-]ccc2Oc2ccccc21.[Y]. The zero-order valence-electron chi connectivity index (χ0n) is 10.9. The number of esters is 1. The molecule has 3 nitrogen and oxygen atoms in total. The Kier molecular flexibility index (Phi) is 4.74. The Morgan fingerprint density at radius 1 is 1.20 bits per heavy atom. The second kappa shape index (κ2) is 6.34. The molecule has 0 amide bonds. The molecule has 0 saturated heterocycles. The third kappa shape index (κ3) is 2.69. The van der Waals surface area contributed by atoms with Gasteiger partial charge in [-0.3, -0.25) is 0 Å². The van der Waals surface area contributed by atoms with Gasteiger partial charge < -0.3 is 9.47 Å². The van der Waals surface area contributed by atoms with Crippen molar-refractivity contribution < 1.29 is 47.0 Å². The molecule has 3 rings (SSSR count). The molecule has 0 aromatic heterocycles. The number of para-hydroxylation sites is 1. The van der Waals surface area contributed by atoms with Crippen molar-refractivity contribution in [1.82, 2.24) is 0 Å². The van der Waals surface area contributed by atoms with Crippen molar-refractivity contribution >= 4 is 17.6 Å². The van der Waals surface area contributed by atoms with Crippen molar-refractivity contribution in [2.45, 2.75) is 0 Å². The summed E-state index contributed by atoms with van der Waals surface area (Å²) in [7, 11) is 1.37. The number of carbonyl (C=O) groups is 1. The van der Waals surface area contributed by atoms with Crippen LogP contribution in [0.15, 0.2) is 42.5 Å². The molecule has 97 valence electrons. The number of carbonyl (C=O) groups excluding carboxylic acids is 1. The number of methoxy groups -OCH3 is 1. The van der Waals surface area contributed by atoms with Crippen molar-refractivity contribution in [1.29, 1.82) is 0 Å². The minimum Gasteiger partial charge on any atom is -0.482 e. The van der Waals surface area contributed by atoms with E-state index in [1.165, 1.54) is 7.11 Å². The van der Waals surface area contributed by atoms with E-state index < -0.39 is 0 Å². The van der Waals surface area contributed by atoms with Crippen molar-refractivity contribution in [3.8, 4) is 11.5 Å². The van der Waals surface area contributed by atoms with E-state index in [0.717, 1.165) is 11.1 Å². The van der Waals surface area contributed by atoms with Crippen LogP contribution in [0.2, 0.25) is 0 Å². The average Bonchev–Trinajstić information content (AvgIpc) is 2.62. The molecule has 0 unspecified atom stereocenters. The predicted octanol–water partition coefficient (Wildman–Crippen LogP) is 3.30. The summed E-state index contributed by atoms with van der Waals surface area (Å²) in [6.07, 6.45) is 1.77. The molecule has 0 aliphatic carbocycles. The topological polar surface area (TPSA) is 35.5 Å². The average molecular weight is 340 g/mol. The largest absolute Gasteiger partial charge is 0.482 e. The second-order valence-corrected chi connectivity index (χ2v) is 4.11. The van der Waals surface area contributed by atoms with E-state index in [0.29, 0.717) is 17.1 Å². The maximum absolute atomic E-state index is 11.9. The number of hydrogen-bond acceptors (Lipinski definition) is 3. The van der Waals surface area contributed by atoms with E-state index in [1.807, 2.05) is 30.3 Å². The van der Waals surface area contributed by atoms with Gasteiger partial charge in [0.25, 0.3) is 0 Å². The van der Waals surface area contributed by atoms with Crippen LogP contribution >= 0.6 is 0 Å². The number of rotatable bonds is 1. The zero-order chi connectivity index (χ0) is 13.2. The van der Waals surface area contributed by atoms with E-state index in [2.05, 4.69) is 6.07 Å². The zero-order valence-corrected chi connectivity index (χ0v) is 13.8. The first-order valence-corrected chi connectivity index (χ1v) is 5.87. The number of fused-ring (bicyclic) bond motifs is 2. The molecule has 1 aliphatic heterocycles. The molecule has 0 bridgehead atoms. The minimum absolute atomic E-state index is 0. The van der Waals surface area contributed by atoms with Crippen molar-refractivity contribution in [2.75, 3.05) is 7.11 Å². The van der Waals surface area contributed by atoms with Gasteiger partial charge in [-0.1, -0.05) is 29.8 Å². The Labute approximate surface area is 142 Å². The van der Waals surface area contributed by atoms with Crippen LogP contribution in [0.1, 0.15) is 11.1 Å². The van der Waals surface area contributed by atoms with Gasteiger partial charge >= 0.3 is 5.97 Å². The molecule has 0 saturated carbocycles. The molecule has 2 aromatic carbocycles. The summed E-state index contributed by atoms with van der Waals surface area (Å²) in [5.41, 5.74) is 2.01. The van der Waals surface area contributed by atoms with E-state index in [9.17, 15) is 4.79 Å². The minimum atomic E-state index is -0.382. The van der Waals surface area contributed by atoms with E-state index in [1.54, 1.807) is 18.2 Å². The molecule has 1 aliphatic rings. The van der Waals surface area contributed by atoms with Crippen LogP contribution in [0.3, 0.4) is 0 Å². The third-order valence-electron chi connectivity index (χ3n) is 2.96. The molecule has 0 fully saturated rings. The summed E-state index contributed by atoms with van der Waals surface area (Å²) >= 11 is 0. The Morgan fingerprint density at radius 3 is 2.80 bits per heavy atom. The summed E-state index contributed by atoms with van der Waals surface area (Å²) in [6.45, 7) is 0. The molecule has 1 heterocycles. The number of ether oxygens (including phenoxy) is 2. The summed E-state index contributed by atoms with van der Waals surface area (Å²) in [4.78, 5) is 11.9. The van der Waals surface area contributed by atoms with Crippen LogP contribution < -0.4 is 4.74 Å². The van der Waals surface area contributed by atoms with Gasteiger partial charge in [0.05, 0.1) is 12.7 Å². The second-order valence-electron chi connectivity index (χ2n) is 4.11. The first kappa shape index (κ1) is 15.0. The van der Waals surface area contributed by atoms with Crippen LogP contribution in [-0.4, -0.2) is 13.1 Å². The smallest absolute Gasteiger partial charge is 0.337 e. The molecule has 20 heavy (non-hydrogen) atoms. The Bertz CT molecular complexity index is 677. The van der Waals surface area contributed by atoms with E-state index >= 15 is 0 Å². The molecule has 1 radical (unpaired) electrons. The molecular weight excluding hydrogens is 329 g/mol. The van der Waals surface area contributed by atoms with Gasteiger partial charge in [-0.15, -0.1) is 6.07 Å². The normalized spacial score (nSPS) is 11.8. The van der Waals surface area contributed by atoms with Crippen LogP contribution in [0.5, 0.6) is 11.5 Å². The third-order valence-corrected chi connectivity index (χ3v) is 2.96. The van der Waals surface area contributed by atoms with Crippen molar-refractivity contribution in [3.05, 3.63) is 59.7 Å². The van der Waals surface area contributed by atoms with Crippen LogP contribution in [0.4, 0.5) is 0 Å². The fourth-order valence-corrected chi connectivity index (χ4v) is 2.04. The van der Waals surface area contributed by atoms with E-state index in [-0.39, 0.29) is 38.7 Å². The van der Waals surface area contributed by atoms with Gasteiger partial charge in [0.2, 0.25) is 0 Å².